The summed E-state index contributed by atoms with van der Waals surface area (Å²) in [5.74, 6) is 2.72. The van der Waals surface area contributed by atoms with Gasteiger partial charge in [0.1, 0.15) is 5.82 Å². The maximum absolute atomic E-state index is 13.5. The third-order valence-corrected chi connectivity index (χ3v) is 5.66. The topological polar surface area (TPSA) is 76.7 Å². The first-order chi connectivity index (χ1) is 15.6. The van der Waals surface area contributed by atoms with E-state index in [2.05, 4.69) is 4.98 Å². The number of H-pyrrole nitrogens is 1. The van der Waals surface area contributed by atoms with E-state index in [0.29, 0.717) is 49.2 Å². The normalized spacial score (nSPS) is 16.2. The fourth-order valence-corrected chi connectivity index (χ4v) is 4.25. The highest BCUT2D eigenvalue weighted by molar-refractivity contribution is 5.95. The van der Waals surface area contributed by atoms with Crippen molar-refractivity contribution in [3.8, 4) is 17.2 Å². The van der Waals surface area contributed by atoms with Gasteiger partial charge in [-0.3, -0.25) is 4.79 Å². The molecule has 1 amide bonds. The van der Waals surface area contributed by atoms with Gasteiger partial charge < -0.3 is 24.1 Å². The molecule has 1 saturated heterocycles. The minimum atomic E-state index is -0.0317. The molecule has 170 valence electrons. The predicted molar refractivity (Wildman–Crippen MR) is 124 cm³/mol. The second-order valence-corrected chi connectivity index (χ2v) is 7.83. The Labute approximate surface area is 188 Å². The maximum Gasteiger partial charge on any atom is 0.254 e. The summed E-state index contributed by atoms with van der Waals surface area (Å²) in [5, 5.41) is 0. The number of amides is 1. The molecule has 2 aromatic carbocycles. The van der Waals surface area contributed by atoms with E-state index in [4.69, 9.17) is 19.2 Å². The molecule has 0 saturated carbocycles. The van der Waals surface area contributed by atoms with Crippen molar-refractivity contribution in [1.29, 1.82) is 0 Å². The molecule has 1 aliphatic rings. The smallest absolute Gasteiger partial charge is 0.254 e. The minimum absolute atomic E-state index is 0.0317. The van der Waals surface area contributed by atoms with Gasteiger partial charge in [0, 0.05) is 24.6 Å². The van der Waals surface area contributed by atoms with Crippen LogP contribution in [0.4, 0.5) is 0 Å². The van der Waals surface area contributed by atoms with Crippen LogP contribution < -0.4 is 14.2 Å². The highest BCUT2D eigenvalue weighted by Crippen LogP contribution is 2.40. The first-order valence-corrected chi connectivity index (χ1v) is 11.4. The molecule has 0 bridgehead atoms. The van der Waals surface area contributed by atoms with Gasteiger partial charge in [-0.15, -0.1) is 0 Å². The van der Waals surface area contributed by atoms with Gasteiger partial charge in [0.25, 0.3) is 5.91 Å². The number of nitrogens with one attached hydrogen (secondary N) is 1. The predicted octanol–water partition coefficient (Wildman–Crippen LogP) is 4.78. The lowest BCUT2D eigenvalue weighted by Crippen LogP contribution is -2.39. The van der Waals surface area contributed by atoms with Crippen LogP contribution in [0.2, 0.25) is 0 Å². The van der Waals surface area contributed by atoms with Gasteiger partial charge in [0.15, 0.2) is 11.5 Å². The van der Waals surface area contributed by atoms with Crippen molar-refractivity contribution < 1.29 is 19.0 Å². The number of rotatable bonds is 8. The summed E-state index contributed by atoms with van der Waals surface area (Å²) in [4.78, 5) is 23.6. The number of aromatic amines is 1. The Morgan fingerprint density at radius 3 is 2.41 bits per heavy atom. The van der Waals surface area contributed by atoms with E-state index in [1.165, 1.54) is 0 Å². The van der Waals surface area contributed by atoms with Gasteiger partial charge in [-0.1, -0.05) is 12.1 Å². The molecule has 0 radical (unpaired) electrons. The lowest BCUT2D eigenvalue weighted by molar-refractivity contribution is 0.0703. The van der Waals surface area contributed by atoms with E-state index in [0.717, 1.165) is 36.2 Å². The van der Waals surface area contributed by atoms with E-state index < -0.39 is 0 Å². The molecule has 7 heteroatoms. The number of carbonyl (C=O) groups is 1. The van der Waals surface area contributed by atoms with Gasteiger partial charge >= 0.3 is 0 Å². The number of benzene rings is 2. The Morgan fingerprint density at radius 1 is 1.06 bits per heavy atom. The lowest BCUT2D eigenvalue weighted by atomic mass is 9.96. The van der Waals surface area contributed by atoms with E-state index in [9.17, 15) is 4.79 Å². The molecule has 2 heterocycles. The van der Waals surface area contributed by atoms with E-state index in [1.54, 1.807) is 12.1 Å². The molecular formula is C25H31N3O4. The lowest BCUT2D eigenvalue weighted by Gasteiger charge is -2.32. The third-order valence-electron chi connectivity index (χ3n) is 5.66. The van der Waals surface area contributed by atoms with Crippen LogP contribution in [0.3, 0.4) is 0 Å². The average molecular weight is 438 g/mol. The summed E-state index contributed by atoms with van der Waals surface area (Å²) >= 11 is 0. The van der Waals surface area contributed by atoms with Crippen molar-refractivity contribution in [2.24, 2.45) is 0 Å². The monoisotopic (exact) mass is 437 g/mol. The Balaban J connectivity index is 1.59. The fraction of sp³-hybridized carbons (Fsp3) is 0.440. The highest BCUT2D eigenvalue weighted by Gasteiger charge is 2.29. The number of carbonyl (C=O) groups excluding carboxylic acids is 1. The summed E-state index contributed by atoms with van der Waals surface area (Å²) < 4.78 is 17.3. The van der Waals surface area contributed by atoms with Gasteiger partial charge in [0.05, 0.1) is 30.9 Å². The molecule has 32 heavy (non-hydrogen) atoms. The van der Waals surface area contributed by atoms with Crippen molar-refractivity contribution in [3.63, 3.8) is 0 Å². The van der Waals surface area contributed by atoms with Crippen molar-refractivity contribution >= 4 is 16.9 Å². The van der Waals surface area contributed by atoms with Gasteiger partial charge in [-0.2, -0.15) is 0 Å². The maximum atomic E-state index is 13.5. The zero-order valence-corrected chi connectivity index (χ0v) is 19.0. The number of fused-ring (bicyclic) bond motifs is 1. The number of aromatic nitrogens is 2. The molecule has 1 N–H and O–H groups in total. The largest absolute Gasteiger partial charge is 0.490 e. The molecule has 0 aliphatic carbocycles. The second-order valence-electron chi connectivity index (χ2n) is 7.83. The van der Waals surface area contributed by atoms with Crippen LogP contribution in [0.5, 0.6) is 17.2 Å². The average Bonchev–Trinajstić information content (AvgIpc) is 3.25. The summed E-state index contributed by atoms with van der Waals surface area (Å²) in [6.07, 6.45) is 1.93. The Hall–Kier alpha value is -3.22. The quantitative estimate of drug-likeness (QED) is 0.549. The molecule has 1 aliphatic heterocycles. The molecule has 1 fully saturated rings. The van der Waals surface area contributed by atoms with Crippen LogP contribution in [0.25, 0.3) is 11.0 Å². The molecule has 4 rings (SSSR count). The van der Waals surface area contributed by atoms with E-state index in [-0.39, 0.29) is 11.8 Å². The molecular weight excluding hydrogens is 406 g/mol. The zero-order valence-electron chi connectivity index (χ0n) is 19.0. The van der Waals surface area contributed by atoms with Crippen molar-refractivity contribution in [2.75, 3.05) is 32.9 Å². The third kappa shape index (κ3) is 4.52. The Bertz CT molecular complexity index is 1020. The van der Waals surface area contributed by atoms with Crippen molar-refractivity contribution in [2.45, 2.75) is 39.5 Å². The summed E-state index contributed by atoms with van der Waals surface area (Å²) in [6.45, 7) is 8.51. The molecule has 3 aromatic rings. The number of imidazole rings is 1. The first-order valence-electron chi connectivity index (χ1n) is 11.4. The standard InChI is InChI=1S/C25H31N3O4/c1-4-30-21-14-18(15-22(31-5-2)23(21)32-6-3)25(29)28-13-9-10-17(16-28)24-26-19-11-7-8-12-20(19)27-24/h7-8,11-12,14-15,17H,4-6,9-10,13,16H2,1-3H3,(H,26,27). The molecule has 1 unspecified atom stereocenters. The highest BCUT2D eigenvalue weighted by atomic mass is 16.5. The van der Waals surface area contributed by atoms with Crippen LogP contribution in [-0.2, 0) is 0 Å². The Morgan fingerprint density at radius 2 is 1.75 bits per heavy atom. The van der Waals surface area contributed by atoms with Crippen LogP contribution in [0.15, 0.2) is 36.4 Å². The summed E-state index contributed by atoms with van der Waals surface area (Å²) in [7, 11) is 0. The number of hydrogen-bond acceptors (Lipinski definition) is 5. The zero-order chi connectivity index (χ0) is 22.5. The van der Waals surface area contributed by atoms with Crippen LogP contribution >= 0.6 is 0 Å². The molecule has 1 aromatic heterocycles. The van der Waals surface area contributed by atoms with Gasteiger partial charge in [0.2, 0.25) is 5.75 Å². The van der Waals surface area contributed by atoms with E-state index >= 15 is 0 Å². The molecule has 7 nitrogen and oxygen atoms in total. The van der Waals surface area contributed by atoms with Crippen LogP contribution in [0, 0.1) is 0 Å². The minimum Gasteiger partial charge on any atom is -0.490 e. The van der Waals surface area contributed by atoms with Crippen LogP contribution in [-0.4, -0.2) is 53.7 Å². The number of piperidine rings is 1. The van der Waals surface area contributed by atoms with Gasteiger partial charge in [-0.05, 0) is 57.9 Å². The molecule has 0 spiro atoms. The van der Waals surface area contributed by atoms with Crippen molar-refractivity contribution in [1.82, 2.24) is 14.9 Å². The number of likely N-dealkylation sites (tertiary alicyclic amines) is 1. The number of para-hydroxylation sites is 2. The van der Waals surface area contributed by atoms with Crippen molar-refractivity contribution in [3.05, 3.63) is 47.8 Å². The number of hydrogen-bond donors (Lipinski definition) is 1. The second kappa shape index (κ2) is 9.94. The Kier molecular flexibility index (Phi) is 6.83. The molecule has 1 atom stereocenters. The fourth-order valence-electron chi connectivity index (χ4n) is 4.25. The van der Waals surface area contributed by atoms with Gasteiger partial charge in [-0.25, -0.2) is 4.98 Å². The van der Waals surface area contributed by atoms with E-state index in [1.807, 2.05) is 49.9 Å². The summed E-state index contributed by atoms with van der Waals surface area (Å²) in [6, 6.07) is 11.6. The number of nitrogens with zero attached hydrogens (tertiary/aromatic N) is 2. The first kappa shape index (κ1) is 22.0. The SMILES string of the molecule is CCOc1cc(C(=O)N2CCCC(c3nc4ccccc4[nH]3)C2)cc(OCC)c1OCC. The number of ether oxygens (including phenoxy) is 3. The van der Waals surface area contributed by atoms with Crippen LogP contribution in [0.1, 0.15) is 55.7 Å². The summed E-state index contributed by atoms with van der Waals surface area (Å²) in [5.41, 5.74) is 2.53.